The largest absolute Gasteiger partial charge is 0.362 e. The molecular formula is C25H31N5O. The minimum absolute atomic E-state index is 0.0209. The Morgan fingerprint density at radius 1 is 0.968 bits per heavy atom. The fourth-order valence-electron chi connectivity index (χ4n) is 4.19. The average molecular weight is 418 g/mol. The first kappa shape index (κ1) is 21.1. The van der Waals surface area contributed by atoms with Crippen LogP contribution < -0.4 is 15.5 Å². The maximum atomic E-state index is 12.6. The van der Waals surface area contributed by atoms with Gasteiger partial charge in [0.05, 0.1) is 5.52 Å². The Hall–Kier alpha value is -3.15. The van der Waals surface area contributed by atoms with E-state index in [1.54, 1.807) is 0 Å². The van der Waals surface area contributed by atoms with Crippen LogP contribution in [0.1, 0.15) is 48.5 Å². The first-order chi connectivity index (χ1) is 15.0. The van der Waals surface area contributed by atoms with Gasteiger partial charge in [-0.2, -0.15) is 4.98 Å². The minimum atomic E-state index is 0.0209. The van der Waals surface area contributed by atoms with Gasteiger partial charge in [-0.15, -0.1) is 0 Å². The van der Waals surface area contributed by atoms with Crippen molar-refractivity contribution in [2.75, 3.05) is 24.3 Å². The Labute approximate surface area is 184 Å². The van der Waals surface area contributed by atoms with Crippen LogP contribution >= 0.6 is 0 Å². The van der Waals surface area contributed by atoms with Crippen LogP contribution in [-0.2, 0) is 6.42 Å². The van der Waals surface area contributed by atoms with E-state index >= 15 is 0 Å². The Bertz CT molecular complexity index is 1040. The van der Waals surface area contributed by atoms with Crippen molar-refractivity contribution in [2.45, 2.75) is 51.1 Å². The second-order valence-electron chi connectivity index (χ2n) is 8.50. The molecular weight excluding hydrogens is 386 g/mol. The van der Waals surface area contributed by atoms with Crippen molar-refractivity contribution in [3.8, 4) is 0 Å². The number of anilines is 2. The van der Waals surface area contributed by atoms with Crippen molar-refractivity contribution in [2.24, 2.45) is 0 Å². The summed E-state index contributed by atoms with van der Waals surface area (Å²) in [7, 11) is 4.00. The van der Waals surface area contributed by atoms with Gasteiger partial charge >= 0.3 is 0 Å². The van der Waals surface area contributed by atoms with E-state index in [9.17, 15) is 4.79 Å². The highest BCUT2D eigenvalue weighted by Gasteiger charge is 2.23. The number of rotatable bonds is 6. The van der Waals surface area contributed by atoms with Crippen LogP contribution in [-0.4, -0.2) is 42.1 Å². The monoisotopic (exact) mass is 417 g/mol. The molecule has 1 heterocycles. The van der Waals surface area contributed by atoms with Crippen LogP contribution in [0.5, 0.6) is 0 Å². The molecule has 0 aliphatic heterocycles. The molecule has 1 aromatic heterocycles. The number of carbonyl (C=O) groups is 1. The zero-order valence-electron chi connectivity index (χ0n) is 18.6. The van der Waals surface area contributed by atoms with Gasteiger partial charge in [0.2, 0.25) is 5.95 Å². The molecule has 0 saturated heterocycles. The normalized spacial score (nSPS) is 18.5. The van der Waals surface area contributed by atoms with Crippen molar-refractivity contribution in [1.29, 1.82) is 0 Å². The molecule has 162 valence electrons. The quantitative estimate of drug-likeness (QED) is 0.622. The number of carbonyl (C=O) groups excluding carboxylic acids is 1. The lowest BCUT2D eigenvalue weighted by Gasteiger charge is -2.30. The third kappa shape index (κ3) is 4.95. The molecule has 0 unspecified atom stereocenters. The van der Waals surface area contributed by atoms with Crippen molar-refractivity contribution in [3.63, 3.8) is 0 Å². The molecule has 0 atom stereocenters. The van der Waals surface area contributed by atoms with Crippen LogP contribution in [0.25, 0.3) is 10.9 Å². The highest BCUT2D eigenvalue weighted by atomic mass is 16.1. The van der Waals surface area contributed by atoms with E-state index in [1.165, 1.54) is 5.56 Å². The van der Waals surface area contributed by atoms with Crippen molar-refractivity contribution < 1.29 is 4.79 Å². The van der Waals surface area contributed by atoms with E-state index in [4.69, 9.17) is 9.97 Å². The minimum Gasteiger partial charge on any atom is -0.362 e. The van der Waals surface area contributed by atoms with Crippen LogP contribution in [0.2, 0.25) is 0 Å². The second kappa shape index (κ2) is 9.33. The number of aromatic nitrogens is 2. The highest BCUT2D eigenvalue weighted by molar-refractivity contribution is 5.94. The molecule has 0 bridgehead atoms. The van der Waals surface area contributed by atoms with Crippen molar-refractivity contribution in [1.82, 2.24) is 15.3 Å². The number of aryl methyl sites for hydroxylation is 1. The maximum absolute atomic E-state index is 12.6. The number of nitrogens with one attached hydrogen (secondary N) is 2. The summed E-state index contributed by atoms with van der Waals surface area (Å²) in [5.41, 5.74) is 2.92. The number of hydrogen-bond acceptors (Lipinski definition) is 5. The number of fused-ring (bicyclic) bond motifs is 1. The molecule has 6 nitrogen and oxygen atoms in total. The van der Waals surface area contributed by atoms with Crippen molar-refractivity contribution >= 4 is 28.6 Å². The van der Waals surface area contributed by atoms with Crippen LogP contribution in [0, 0.1) is 0 Å². The summed E-state index contributed by atoms with van der Waals surface area (Å²) >= 11 is 0. The first-order valence-corrected chi connectivity index (χ1v) is 11.1. The van der Waals surface area contributed by atoms with E-state index in [0.717, 1.165) is 54.4 Å². The number of benzene rings is 2. The average Bonchev–Trinajstić information content (AvgIpc) is 2.79. The number of nitrogens with zero attached hydrogens (tertiary/aromatic N) is 3. The summed E-state index contributed by atoms with van der Waals surface area (Å²) in [5.74, 6) is 1.61. The maximum Gasteiger partial charge on any atom is 0.251 e. The van der Waals surface area contributed by atoms with Gasteiger partial charge in [-0.1, -0.05) is 31.2 Å². The van der Waals surface area contributed by atoms with E-state index in [1.807, 2.05) is 61.5 Å². The van der Waals surface area contributed by atoms with E-state index in [0.29, 0.717) is 12.0 Å². The summed E-state index contributed by atoms with van der Waals surface area (Å²) in [6.07, 6.45) is 4.84. The van der Waals surface area contributed by atoms with Crippen LogP contribution in [0.3, 0.4) is 0 Å². The molecule has 1 aliphatic carbocycles. The summed E-state index contributed by atoms with van der Waals surface area (Å²) in [6.45, 7) is 2.12. The first-order valence-electron chi connectivity index (χ1n) is 11.1. The summed E-state index contributed by atoms with van der Waals surface area (Å²) in [4.78, 5) is 24.0. The van der Waals surface area contributed by atoms with Gasteiger partial charge in [0, 0.05) is 37.1 Å². The van der Waals surface area contributed by atoms with Crippen LogP contribution in [0.15, 0.2) is 48.5 Å². The zero-order chi connectivity index (χ0) is 21.8. The van der Waals surface area contributed by atoms with Gasteiger partial charge in [-0.25, -0.2) is 4.98 Å². The number of para-hydroxylation sites is 1. The van der Waals surface area contributed by atoms with E-state index < -0.39 is 0 Å². The van der Waals surface area contributed by atoms with Gasteiger partial charge < -0.3 is 15.5 Å². The SMILES string of the molecule is CCc1ccc(C(=O)N[C@H]2CC[C@@H](Nc3nc(N(C)C)c4ccccc4n3)CC2)cc1. The zero-order valence-corrected chi connectivity index (χ0v) is 18.6. The lowest BCUT2D eigenvalue weighted by molar-refractivity contribution is 0.0926. The third-order valence-electron chi connectivity index (χ3n) is 6.03. The Morgan fingerprint density at radius 2 is 1.65 bits per heavy atom. The molecule has 2 N–H and O–H groups in total. The lowest BCUT2D eigenvalue weighted by Crippen LogP contribution is -2.40. The molecule has 1 aliphatic rings. The van der Waals surface area contributed by atoms with Gasteiger partial charge in [0.25, 0.3) is 5.91 Å². The van der Waals surface area contributed by atoms with Gasteiger partial charge in [-0.3, -0.25) is 4.79 Å². The molecule has 1 amide bonds. The lowest BCUT2D eigenvalue weighted by atomic mass is 9.91. The third-order valence-corrected chi connectivity index (χ3v) is 6.03. The number of amides is 1. The van der Waals surface area contributed by atoms with Gasteiger partial charge in [0.15, 0.2) is 0 Å². The molecule has 0 spiro atoms. The second-order valence-corrected chi connectivity index (χ2v) is 8.50. The van der Waals surface area contributed by atoms with Crippen LogP contribution in [0.4, 0.5) is 11.8 Å². The summed E-state index contributed by atoms with van der Waals surface area (Å²) in [6, 6.07) is 16.5. The van der Waals surface area contributed by atoms with E-state index in [-0.39, 0.29) is 11.9 Å². The molecule has 4 rings (SSSR count). The molecule has 0 radical (unpaired) electrons. The Balaban J connectivity index is 1.35. The molecule has 6 heteroatoms. The summed E-state index contributed by atoms with van der Waals surface area (Å²) < 4.78 is 0. The standard InChI is InChI=1S/C25H31N5O/c1-4-17-9-11-18(12-10-17)24(31)26-19-13-15-20(16-14-19)27-25-28-22-8-6-5-7-21(22)23(29-25)30(2)3/h5-12,19-20H,4,13-16H2,1-3H3,(H,26,31)(H,27,28,29)/t19-,20+. The summed E-state index contributed by atoms with van der Waals surface area (Å²) in [5, 5.41) is 7.78. The molecule has 1 fully saturated rings. The molecule has 2 aromatic carbocycles. The molecule has 1 saturated carbocycles. The smallest absolute Gasteiger partial charge is 0.251 e. The predicted molar refractivity (Wildman–Crippen MR) is 127 cm³/mol. The highest BCUT2D eigenvalue weighted by Crippen LogP contribution is 2.26. The number of hydrogen-bond donors (Lipinski definition) is 2. The molecule has 3 aromatic rings. The van der Waals surface area contributed by atoms with Gasteiger partial charge in [0.1, 0.15) is 5.82 Å². The van der Waals surface area contributed by atoms with Crippen molar-refractivity contribution in [3.05, 3.63) is 59.7 Å². The Kier molecular flexibility index (Phi) is 6.35. The molecule has 31 heavy (non-hydrogen) atoms. The predicted octanol–water partition coefficient (Wildman–Crippen LogP) is 4.41. The fraction of sp³-hybridized carbons (Fsp3) is 0.400. The van der Waals surface area contributed by atoms with Gasteiger partial charge in [-0.05, 0) is 61.9 Å². The Morgan fingerprint density at radius 3 is 2.32 bits per heavy atom. The topological polar surface area (TPSA) is 70.2 Å². The van der Waals surface area contributed by atoms with E-state index in [2.05, 4.69) is 23.6 Å². The fourth-order valence-corrected chi connectivity index (χ4v) is 4.19.